The number of esters is 1. The second kappa shape index (κ2) is 8.49. The molecule has 0 bridgehead atoms. The minimum atomic E-state index is -3.40. The number of nitrogens with zero attached hydrogens (tertiary/aromatic N) is 2. The summed E-state index contributed by atoms with van der Waals surface area (Å²) in [6.07, 6.45) is 0.502. The molecule has 1 aliphatic rings. The van der Waals surface area contributed by atoms with Crippen LogP contribution in [0.25, 0.3) is 0 Å². The molecule has 30 heavy (non-hydrogen) atoms. The summed E-state index contributed by atoms with van der Waals surface area (Å²) in [7, 11) is -3.40. The third-order valence-electron chi connectivity index (χ3n) is 4.43. The number of nitro groups is 1. The quantitative estimate of drug-likeness (QED) is 0.419. The van der Waals surface area contributed by atoms with E-state index in [1.54, 1.807) is 19.1 Å². The fraction of sp³-hybridized carbons (Fsp3) is 0.263. The van der Waals surface area contributed by atoms with Gasteiger partial charge in [0.05, 0.1) is 21.9 Å². The van der Waals surface area contributed by atoms with Crippen molar-refractivity contribution in [3.63, 3.8) is 0 Å². The fourth-order valence-electron chi connectivity index (χ4n) is 3.02. The molecule has 1 heterocycles. The summed E-state index contributed by atoms with van der Waals surface area (Å²) in [6, 6.07) is 10.2. The van der Waals surface area contributed by atoms with Gasteiger partial charge in [-0.25, -0.2) is 13.2 Å². The number of nitrogens with one attached hydrogen (secondary N) is 1. The molecule has 10 nitrogen and oxygen atoms in total. The van der Waals surface area contributed by atoms with Crippen LogP contribution in [-0.2, 0) is 19.6 Å². The van der Waals surface area contributed by atoms with Crippen LogP contribution in [0.5, 0.6) is 0 Å². The van der Waals surface area contributed by atoms with Crippen LogP contribution in [-0.4, -0.2) is 44.1 Å². The number of carbonyl (C=O) groups excluding carboxylic acids is 2. The van der Waals surface area contributed by atoms with Gasteiger partial charge in [0.2, 0.25) is 10.0 Å². The van der Waals surface area contributed by atoms with Crippen LogP contribution in [0.15, 0.2) is 42.5 Å². The van der Waals surface area contributed by atoms with Gasteiger partial charge in [-0.05, 0) is 43.2 Å². The molecule has 1 aliphatic heterocycles. The van der Waals surface area contributed by atoms with E-state index in [1.807, 2.05) is 0 Å². The number of benzene rings is 2. The molecule has 0 aromatic heterocycles. The lowest BCUT2D eigenvalue weighted by molar-refractivity contribution is -0.384. The number of amides is 1. The van der Waals surface area contributed by atoms with Crippen LogP contribution in [0.2, 0.25) is 0 Å². The van der Waals surface area contributed by atoms with Crippen LogP contribution in [0, 0.1) is 17.0 Å². The lowest BCUT2D eigenvalue weighted by atomic mass is 10.2. The zero-order valence-electron chi connectivity index (χ0n) is 16.0. The number of rotatable bonds is 6. The summed E-state index contributed by atoms with van der Waals surface area (Å²) in [5, 5.41) is 13.5. The van der Waals surface area contributed by atoms with Gasteiger partial charge < -0.3 is 10.1 Å². The molecule has 0 radical (unpaired) electrons. The van der Waals surface area contributed by atoms with Crippen LogP contribution in [0.4, 0.5) is 17.1 Å². The fourth-order valence-corrected chi connectivity index (χ4v) is 4.57. The van der Waals surface area contributed by atoms with Gasteiger partial charge in [0.15, 0.2) is 6.61 Å². The zero-order valence-corrected chi connectivity index (χ0v) is 16.8. The summed E-state index contributed by atoms with van der Waals surface area (Å²) in [5.74, 6) is -1.51. The first-order chi connectivity index (χ1) is 14.2. The molecule has 1 saturated heterocycles. The van der Waals surface area contributed by atoms with Crippen molar-refractivity contribution in [3.8, 4) is 0 Å². The van der Waals surface area contributed by atoms with Crippen molar-refractivity contribution in [1.29, 1.82) is 0 Å². The molecule has 2 aromatic rings. The zero-order chi connectivity index (χ0) is 21.9. The summed E-state index contributed by atoms with van der Waals surface area (Å²) in [5.41, 5.74) is 0.818. The predicted octanol–water partition coefficient (Wildman–Crippen LogP) is 2.24. The van der Waals surface area contributed by atoms with Gasteiger partial charge in [-0.1, -0.05) is 12.1 Å². The molecular formula is C19H19N3O7S. The third kappa shape index (κ3) is 4.74. The van der Waals surface area contributed by atoms with Crippen molar-refractivity contribution in [2.75, 3.05) is 28.5 Å². The average Bonchev–Trinajstić information content (AvgIpc) is 3.06. The van der Waals surface area contributed by atoms with Gasteiger partial charge in [0, 0.05) is 12.6 Å². The molecule has 1 amide bonds. The summed E-state index contributed by atoms with van der Waals surface area (Å²) < 4.78 is 30.3. The van der Waals surface area contributed by atoms with E-state index in [4.69, 9.17) is 4.74 Å². The third-order valence-corrected chi connectivity index (χ3v) is 6.30. The van der Waals surface area contributed by atoms with Gasteiger partial charge in [0.1, 0.15) is 5.69 Å². The number of nitro benzene ring substituents is 1. The average molecular weight is 433 g/mol. The monoisotopic (exact) mass is 433 g/mol. The maximum absolute atomic E-state index is 12.3. The van der Waals surface area contributed by atoms with Crippen molar-refractivity contribution >= 4 is 39.0 Å². The molecule has 11 heteroatoms. The Bertz CT molecular complexity index is 1110. The van der Waals surface area contributed by atoms with Gasteiger partial charge >= 0.3 is 5.97 Å². The molecule has 1 fully saturated rings. The second-order valence-electron chi connectivity index (χ2n) is 6.69. The highest BCUT2D eigenvalue weighted by atomic mass is 32.2. The Morgan fingerprint density at radius 1 is 1.23 bits per heavy atom. The standard InChI is InChI=1S/C19H19N3O7S/c1-13-6-7-16(17(10-13)22(25)26)20-18(23)12-29-19(24)14-4-2-5-15(11-14)21-8-3-9-30(21,27)28/h2,4-7,10-11H,3,8-9,12H2,1H3,(H,20,23). The van der Waals surface area contributed by atoms with E-state index in [0.717, 1.165) is 0 Å². The van der Waals surface area contributed by atoms with E-state index < -0.39 is 33.4 Å². The minimum Gasteiger partial charge on any atom is -0.452 e. The molecule has 0 unspecified atom stereocenters. The van der Waals surface area contributed by atoms with Crippen molar-refractivity contribution < 1.29 is 27.7 Å². The number of hydrogen-bond donors (Lipinski definition) is 1. The largest absolute Gasteiger partial charge is 0.452 e. The Balaban J connectivity index is 1.64. The number of aryl methyl sites for hydroxylation is 1. The van der Waals surface area contributed by atoms with Gasteiger partial charge in [-0.3, -0.25) is 19.2 Å². The van der Waals surface area contributed by atoms with Crippen molar-refractivity contribution in [1.82, 2.24) is 0 Å². The molecule has 2 aromatic carbocycles. The molecule has 0 saturated carbocycles. The van der Waals surface area contributed by atoms with E-state index in [2.05, 4.69) is 5.32 Å². The number of anilines is 2. The van der Waals surface area contributed by atoms with Crippen LogP contribution >= 0.6 is 0 Å². The number of ether oxygens (including phenoxy) is 1. The van der Waals surface area contributed by atoms with Gasteiger partial charge in [-0.2, -0.15) is 0 Å². The number of sulfonamides is 1. The van der Waals surface area contributed by atoms with Crippen LogP contribution in [0.3, 0.4) is 0 Å². The second-order valence-corrected chi connectivity index (χ2v) is 8.71. The van der Waals surface area contributed by atoms with Crippen molar-refractivity contribution in [2.45, 2.75) is 13.3 Å². The Morgan fingerprint density at radius 3 is 2.67 bits per heavy atom. The van der Waals surface area contributed by atoms with E-state index in [0.29, 0.717) is 24.2 Å². The first kappa shape index (κ1) is 21.2. The van der Waals surface area contributed by atoms with Crippen molar-refractivity contribution in [3.05, 3.63) is 63.7 Å². The number of hydrogen-bond acceptors (Lipinski definition) is 7. The lowest BCUT2D eigenvalue weighted by Crippen LogP contribution is -2.25. The molecule has 0 spiro atoms. The molecular weight excluding hydrogens is 414 g/mol. The Hall–Kier alpha value is -3.47. The summed E-state index contributed by atoms with van der Waals surface area (Å²) >= 11 is 0. The van der Waals surface area contributed by atoms with Gasteiger partial charge in [-0.15, -0.1) is 0 Å². The Labute approximate surface area is 172 Å². The first-order valence-electron chi connectivity index (χ1n) is 9.00. The topological polar surface area (TPSA) is 136 Å². The van der Waals surface area contributed by atoms with E-state index in [1.165, 1.54) is 34.6 Å². The molecule has 0 aliphatic carbocycles. The van der Waals surface area contributed by atoms with Crippen LogP contribution in [0.1, 0.15) is 22.3 Å². The Morgan fingerprint density at radius 2 is 2.00 bits per heavy atom. The maximum Gasteiger partial charge on any atom is 0.338 e. The van der Waals surface area contributed by atoms with Crippen molar-refractivity contribution in [2.24, 2.45) is 0 Å². The minimum absolute atomic E-state index is 0.00659. The predicted molar refractivity (Wildman–Crippen MR) is 109 cm³/mol. The highest BCUT2D eigenvalue weighted by molar-refractivity contribution is 7.93. The molecule has 158 valence electrons. The van der Waals surface area contributed by atoms with E-state index in [-0.39, 0.29) is 22.7 Å². The number of carbonyl (C=O) groups is 2. The molecule has 3 rings (SSSR count). The molecule has 0 atom stereocenters. The highest BCUT2D eigenvalue weighted by Crippen LogP contribution is 2.26. The summed E-state index contributed by atoms with van der Waals surface area (Å²) in [4.78, 5) is 34.8. The summed E-state index contributed by atoms with van der Waals surface area (Å²) in [6.45, 7) is 1.36. The smallest absolute Gasteiger partial charge is 0.338 e. The lowest BCUT2D eigenvalue weighted by Gasteiger charge is -2.17. The first-order valence-corrected chi connectivity index (χ1v) is 10.6. The highest BCUT2D eigenvalue weighted by Gasteiger charge is 2.29. The van der Waals surface area contributed by atoms with Crippen LogP contribution < -0.4 is 9.62 Å². The van der Waals surface area contributed by atoms with E-state index in [9.17, 15) is 28.1 Å². The SMILES string of the molecule is Cc1ccc(NC(=O)COC(=O)c2cccc(N3CCCS3(=O)=O)c2)c([N+](=O)[O-])c1. The van der Waals surface area contributed by atoms with Gasteiger partial charge in [0.25, 0.3) is 11.6 Å². The Kier molecular flexibility index (Phi) is 6.01. The molecule has 1 N–H and O–H groups in total. The normalized spacial score (nSPS) is 14.9. The van der Waals surface area contributed by atoms with E-state index >= 15 is 0 Å². The maximum atomic E-state index is 12.3.